The molecule has 12 nitrogen and oxygen atoms in total. The van der Waals surface area contributed by atoms with E-state index in [0.29, 0.717) is 40.8 Å². The maximum absolute atomic E-state index is 13.5. The van der Waals surface area contributed by atoms with E-state index in [-0.39, 0.29) is 43.1 Å². The summed E-state index contributed by atoms with van der Waals surface area (Å²) in [5.41, 5.74) is 5.42. The van der Waals surface area contributed by atoms with Crippen molar-refractivity contribution in [2.24, 2.45) is 17.8 Å². The lowest BCUT2D eigenvalue weighted by atomic mass is 9.92. The van der Waals surface area contributed by atoms with Crippen molar-refractivity contribution < 1.29 is 42.4 Å². The minimum absolute atomic E-state index is 0.0264. The minimum atomic E-state index is -4.40. The Kier molecular flexibility index (Phi) is 17.6. The molecule has 59 heavy (non-hydrogen) atoms. The minimum Gasteiger partial charge on any atom is -0.425 e. The second-order valence-electron chi connectivity index (χ2n) is 16.0. The second-order valence-corrected chi connectivity index (χ2v) is 17.3. The number of ether oxygens (including phenoxy) is 2. The monoisotopic (exact) mass is 829 g/mol. The first-order valence-electron chi connectivity index (χ1n) is 20.2. The summed E-state index contributed by atoms with van der Waals surface area (Å²) in [4.78, 5) is 52.3. The number of hydrogen-bond acceptors (Lipinski definition) is 9. The first-order valence-corrected chi connectivity index (χ1v) is 21.7. The van der Waals surface area contributed by atoms with Crippen LogP contribution < -0.4 is 20.1 Å². The van der Waals surface area contributed by atoms with Crippen LogP contribution in [-0.4, -0.2) is 42.2 Å². The molecular weight excluding hydrogens is 769 g/mol. The van der Waals surface area contributed by atoms with Gasteiger partial charge in [-0.3, -0.25) is 19.0 Å². The van der Waals surface area contributed by atoms with E-state index in [2.05, 4.69) is 43.2 Å². The lowest BCUT2D eigenvalue weighted by Gasteiger charge is -2.31. The topological polar surface area (TPSA) is 153 Å². The fourth-order valence-corrected chi connectivity index (χ4v) is 7.08. The average Bonchev–Trinajstić information content (AvgIpc) is 3.17. The Labute approximate surface area is 349 Å². The number of urea groups is 1. The lowest BCUT2D eigenvalue weighted by Crippen LogP contribution is -2.32. The zero-order valence-corrected chi connectivity index (χ0v) is 36.4. The molecule has 3 N–H and O–H groups in total. The number of rotatable bonds is 21. The maximum Gasteiger partial charge on any atom is 0.527 e. The van der Waals surface area contributed by atoms with Gasteiger partial charge in [-0.25, -0.2) is 9.36 Å². The Morgan fingerprint density at radius 1 is 0.763 bits per heavy atom. The van der Waals surface area contributed by atoms with Crippen molar-refractivity contribution in [2.75, 3.05) is 28.6 Å². The van der Waals surface area contributed by atoms with E-state index in [4.69, 9.17) is 18.5 Å². The second kappa shape index (κ2) is 22.3. The highest BCUT2D eigenvalue weighted by molar-refractivity contribution is 7.47. The summed E-state index contributed by atoms with van der Waals surface area (Å²) < 4.78 is 34.1. The number of phosphoric ester groups is 1. The molecule has 4 aromatic carbocycles. The molecule has 4 rings (SSSR count). The van der Waals surface area contributed by atoms with Crippen LogP contribution in [0.25, 0.3) is 0 Å². The molecule has 0 aromatic heterocycles. The molecule has 4 aromatic rings. The summed E-state index contributed by atoms with van der Waals surface area (Å²) in [6.07, 6.45) is -0.618. The Balaban J connectivity index is 1.40. The Morgan fingerprint density at radius 2 is 1.39 bits per heavy atom. The van der Waals surface area contributed by atoms with Crippen molar-refractivity contribution in [3.63, 3.8) is 0 Å². The lowest BCUT2D eigenvalue weighted by molar-refractivity contribution is -0.195. The van der Waals surface area contributed by atoms with Gasteiger partial charge in [0.05, 0.1) is 30.8 Å². The van der Waals surface area contributed by atoms with Crippen molar-refractivity contribution >= 4 is 42.9 Å². The van der Waals surface area contributed by atoms with Gasteiger partial charge in [0, 0.05) is 24.7 Å². The SMILES string of the molecule is CCC(CC(=O)OC(OC(=O)Cc1ccc(OP(=O)(O)OCc2ccccc2)cc1)C(C)C)c1ccc(N(CC(C)C)CC(C)C)c(NC(=O)Nc2ccc(C)cc2)c1. The van der Waals surface area contributed by atoms with E-state index in [1.54, 1.807) is 50.2 Å². The summed E-state index contributed by atoms with van der Waals surface area (Å²) in [5.74, 6) is -0.866. The molecule has 0 radical (unpaired) electrons. The van der Waals surface area contributed by atoms with Crippen LogP contribution >= 0.6 is 7.82 Å². The predicted molar refractivity (Wildman–Crippen MR) is 232 cm³/mol. The third-order valence-electron chi connectivity index (χ3n) is 9.24. The van der Waals surface area contributed by atoms with Gasteiger partial charge in [0.25, 0.3) is 0 Å². The molecule has 0 spiro atoms. The van der Waals surface area contributed by atoms with E-state index in [0.717, 1.165) is 29.9 Å². The number of carbonyl (C=O) groups excluding carboxylic acids is 3. The number of aryl methyl sites for hydroxylation is 1. The van der Waals surface area contributed by atoms with Crippen LogP contribution in [0.3, 0.4) is 0 Å². The summed E-state index contributed by atoms with van der Waals surface area (Å²) in [6.45, 7) is 17.7. The van der Waals surface area contributed by atoms with Crippen LogP contribution in [0.1, 0.15) is 89.5 Å². The Bertz CT molecular complexity index is 1990. The maximum atomic E-state index is 13.5. The van der Waals surface area contributed by atoms with E-state index in [9.17, 15) is 23.8 Å². The van der Waals surface area contributed by atoms with E-state index in [1.165, 1.54) is 12.1 Å². The Hall–Kier alpha value is -5.16. The molecule has 3 atom stereocenters. The van der Waals surface area contributed by atoms with E-state index in [1.807, 2.05) is 62.4 Å². The number of carbonyl (C=O) groups is 3. The third-order valence-corrected chi connectivity index (χ3v) is 10.1. The molecule has 0 aliphatic carbocycles. The molecule has 0 aliphatic rings. The van der Waals surface area contributed by atoms with Crippen LogP contribution in [-0.2, 0) is 41.2 Å². The number of anilines is 3. The predicted octanol–water partition coefficient (Wildman–Crippen LogP) is 10.6. The van der Waals surface area contributed by atoms with Gasteiger partial charge in [-0.05, 0) is 84.2 Å². The average molecular weight is 830 g/mol. The number of phosphoric acid groups is 1. The molecule has 0 aliphatic heterocycles. The largest absolute Gasteiger partial charge is 0.527 e. The summed E-state index contributed by atoms with van der Waals surface area (Å²) in [6, 6.07) is 28.2. The van der Waals surface area contributed by atoms with Gasteiger partial charge in [-0.15, -0.1) is 0 Å². The quantitative estimate of drug-likeness (QED) is 0.0420. The van der Waals surface area contributed by atoms with Crippen molar-refractivity contribution in [1.29, 1.82) is 0 Å². The highest BCUT2D eigenvalue weighted by atomic mass is 31.2. The number of nitrogens with zero attached hydrogens (tertiary/aromatic N) is 1. The molecule has 0 heterocycles. The fraction of sp³-hybridized carbons (Fsp3) is 0.413. The Morgan fingerprint density at radius 3 is 1.98 bits per heavy atom. The van der Waals surface area contributed by atoms with Crippen LogP contribution in [0, 0.1) is 24.7 Å². The summed E-state index contributed by atoms with van der Waals surface area (Å²) in [7, 11) is -4.40. The zero-order valence-electron chi connectivity index (χ0n) is 35.5. The number of esters is 2. The van der Waals surface area contributed by atoms with Gasteiger partial charge >= 0.3 is 25.8 Å². The normalized spacial score (nSPS) is 13.4. The van der Waals surface area contributed by atoms with Gasteiger partial charge in [-0.2, -0.15) is 0 Å². The van der Waals surface area contributed by atoms with Crippen LogP contribution in [0.15, 0.2) is 97.1 Å². The van der Waals surface area contributed by atoms with Crippen molar-refractivity contribution in [3.05, 3.63) is 119 Å². The van der Waals surface area contributed by atoms with Crippen molar-refractivity contribution in [1.82, 2.24) is 0 Å². The van der Waals surface area contributed by atoms with Gasteiger partial charge in [0.2, 0.25) is 6.29 Å². The molecule has 0 saturated carbocycles. The van der Waals surface area contributed by atoms with Crippen molar-refractivity contribution in [3.8, 4) is 5.75 Å². The molecule has 0 saturated heterocycles. The number of amides is 2. The van der Waals surface area contributed by atoms with Crippen molar-refractivity contribution in [2.45, 2.75) is 93.5 Å². The van der Waals surface area contributed by atoms with Gasteiger partial charge in [0.1, 0.15) is 5.75 Å². The summed E-state index contributed by atoms with van der Waals surface area (Å²) >= 11 is 0. The van der Waals surface area contributed by atoms with Crippen LogP contribution in [0.5, 0.6) is 5.75 Å². The number of nitrogens with one attached hydrogen (secondary N) is 2. The standard InChI is InChI=1S/C46H60N3O9P/c1-9-37(38-19-24-42(49(28-31(2)3)29-32(4)5)41(26-38)48-46(52)47-39-20-15-34(8)16-21-39)27-44(51)57-45(33(6)7)56-43(50)25-35-17-22-40(23-18-35)58-59(53,54)55-30-36-13-11-10-12-14-36/h10-24,26,31-33,37,45H,9,25,27-30H2,1-8H3,(H,53,54)(H2,47,48,52). The van der Waals surface area contributed by atoms with Crippen LogP contribution in [0.4, 0.5) is 21.9 Å². The smallest absolute Gasteiger partial charge is 0.425 e. The highest BCUT2D eigenvalue weighted by Crippen LogP contribution is 2.44. The number of hydrogen-bond donors (Lipinski definition) is 3. The fourth-order valence-electron chi connectivity index (χ4n) is 6.33. The van der Waals surface area contributed by atoms with E-state index >= 15 is 0 Å². The molecule has 0 bridgehead atoms. The summed E-state index contributed by atoms with van der Waals surface area (Å²) in [5, 5.41) is 6.01. The molecular formula is C46H60N3O9P. The van der Waals surface area contributed by atoms with E-state index < -0.39 is 26.1 Å². The molecule has 318 valence electrons. The highest BCUT2D eigenvalue weighted by Gasteiger charge is 2.27. The third kappa shape index (κ3) is 15.8. The number of benzene rings is 4. The van der Waals surface area contributed by atoms with Crippen LogP contribution in [0.2, 0.25) is 0 Å². The molecule has 3 unspecified atom stereocenters. The zero-order chi connectivity index (χ0) is 43.1. The molecule has 2 amide bonds. The van der Waals surface area contributed by atoms with Gasteiger partial charge < -0.3 is 29.5 Å². The van der Waals surface area contributed by atoms with Gasteiger partial charge in [-0.1, -0.05) is 115 Å². The first kappa shape index (κ1) is 46.5. The molecule has 0 fully saturated rings. The first-order chi connectivity index (χ1) is 28.0. The molecule has 13 heteroatoms. The van der Waals surface area contributed by atoms with Gasteiger partial charge in [0.15, 0.2) is 0 Å².